The molecule has 0 aromatic rings. The van der Waals surface area contributed by atoms with Gasteiger partial charge < -0.3 is 40.6 Å². The predicted octanol–water partition coefficient (Wildman–Crippen LogP) is -1.26. The number of nitrogens with zero attached hydrogens (tertiary/aromatic N) is 1. The Morgan fingerprint density at radius 1 is 0.750 bits per heavy atom. The summed E-state index contributed by atoms with van der Waals surface area (Å²) < 4.78 is 0. The van der Waals surface area contributed by atoms with Gasteiger partial charge >= 0.3 is 0 Å². The third-order valence-electron chi connectivity index (χ3n) is 4.82. The van der Waals surface area contributed by atoms with Gasteiger partial charge in [0.25, 0.3) is 5.91 Å². The summed E-state index contributed by atoms with van der Waals surface area (Å²) in [4.78, 5) is 13.6. The molecule has 7 N–H and O–H groups in total. The van der Waals surface area contributed by atoms with Crippen molar-refractivity contribution in [3.63, 3.8) is 0 Å². The van der Waals surface area contributed by atoms with Crippen LogP contribution in [0.1, 0.15) is 58.3 Å². The summed E-state index contributed by atoms with van der Waals surface area (Å²) in [6.07, 6.45) is -1.23. The minimum Gasteiger partial charge on any atom is -0.395 e. The van der Waals surface area contributed by atoms with Crippen molar-refractivity contribution in [2.75, 3.05) is 26.3 Å². The normalized spacial score (nSPS) is 17.0. The summed E-state index contributed by atoms with van der Waals surface area (Å²) >= 11 is 0. The van der Waals surface area contributed by atoms with Crippen molar-refractivity contribution in [1.29, 1.82) is 0 Å². The van der Waals surface area contributed by atoms with Crippen LogP contribution in [0, 0.1) is 0 Å². The van der Waals surface area contributed by atoms with Gasteiger partial charge in [-0.05, 0) is 6.42 Å². The van der Waals surface area contributed by atoms with E-state index in [0.29, 0.717) is 6.42 Å². The van der Waals surface area contributed by atoms with Crippen LogP contribution < -0.4 is 0 Å². The van der Waals surface area contributed by atoms with Crippen LogP contribution in [0.4, 0.5) is 0 Å². The molecule has 0 saturated heterocycles. The zero-order chi connectivity index (χ0) is 21.5. The number of aliphatic hydroxyl groups excluding tert-OH is 7. The first kappa shape index (κ1) is 27.2. The van der Waals surface area contributed by atoms with E-state index in [2.05, 4.69) is 6.92 Å². The van der Waals surface area contributed by atoms with E-state index in [9.17, 15) is 30.3 Å². The van der Waals surface area contributed by atoms with Gasteiger partial charge in [0.05, 0.1) is 13.2 Å². The van der Waals surface area contributed by atoms with Gasteiger partial charge in [0.2, 0.25) is 0 Å². The van der Waals surface area contributed by atoms with Gasteiger partial charge in [-0.2, -0.15) is 0 Å². The Balaban J connectivity index is 4.49. The molecule has 0 saturated carbocycles. The van der Waals surface area contributed by atoms with Gasteiger partial charge in [0, 0.05) is 13.1 Å². The SMILES string of the molecule is CCCCCCCCCCN(CCO)C(=O)C(O)C(O)C(O)C(O)C(O)CO. The van der Waals surface area contributed by atoms with Crippen LogP contribution in [0.5, 0.6) is 0 Å². The maximum absolute atomic E-state index is 12.4. The van der Waals surface area contributed by atoms with Crippen molar-refractivity contribution in [3.05, 3.63) is 0 Å². The molecule has 28 heavy (non-hydrogen) atoms. The first-order valence-electron chi connectivity index (χ1n) is 10.2. The van der Waals surface area contributed by atoms with E-state index < -0.39 is 43.0 Å². The Kier molecular flexibility index (Phi) is 15.6. The van der Waals surface area contributed by atoms with E-state index in [1.54, 1.807) is 0 Å². The second kappa shape index (κ2) is 16.0. The highest BCUT2D eigenvalue weighted by atomic mass is 16.4. The van der Waals surface area contributed by atoms with Crippen LogP contribution in [-0.2, 0) is 4.79 Å². The van der Waals surface area contributed by atoms with E-state index in [-0.39, 0.29) is 19.7 Å². The molecular formula is C19H39NO8. The zero-order valence-corrected chi connectivity index (χ0v) is 16.9. The molecule has 0 radical (unpaired) electrons. The van der Waals surface area contributed by atoms with Crippen LogP contribution in [0.15, 0.2) is 0 Å². The summed E-state index contributed by atoms with van der Waals surface area (Å²) in [5, 5.41) is 66.6. The quantitative estimate of drug-likeness (QED) is 0.147. The Hall–Kier alpha value is -0.810. The number of unbranched alkanes of at least 4 members (excludes halogenated alkanes) is 7. The Labute approximate surface area is 167 Å². The number of hydrogen-bond donors (Lipinski definition) is 7. The fourth-order valence-electron chi connectivity index (χ4n) is 2.95. The lowest BCUT2D eigenvalue weighted by molar-refractivity contribution is -0.164. The fraction of sp³-hybridized carbons (Fsp3) is 0.947. The van der Waals surface area contributed by atoms with Crippen LogP contribution in [0.25, 0.3) is 0 Å². The molecule has 0 aromatic carbocycles. The van der Waals surface area contributed by atoms with Gasteiger partial charge in [0.1, 0.15) is 24.4 Å². The molecule has 9 nitrogen and oxygen atoms in total. The smallest absolute Gasteiger partial charge is 0.254 e. The van der Waals surface area contributed by atoms with Crippen molar-refractivity contribution >= 4 is 5.91 Å². The third kappa shape index (κ3) is 10.1. The topological polar surface area (TPSA) is 162 Å². The predicted molar refractivity (Wildman–Crippen MR) is 103 cm³/mol. The van der Waals surface area contributed by atoms with Crippen LogP contribution in [0.3, 0.4) is 0 Å². The molecule has 0 fully saturated rings. The molecule has 5 unspecified atom stereocenters. The molecule has 1 amide bonds. The van der Waals surface area contributed by atoms with Crippen molar-refractivity contribution < 1.29 is 40.5 Å². The van der Waals surface area contributed by atoms with Gasteiger partial charge in [0.15, 0.2) is 6.10 Å². The Morgan fingerprint density at radius 3 is 1.79 bits per heavy atom. The summed E-state index contributed by atoms with van der Waals surface area (Å²) in [6.45, 7) is 1.24. The minimum atomic E-state index is -2.05. The van der Waals surface area contributed by atoms with Crippen molar-refractivity contribution in [2.45, 2.75) is 88.8 Å². The van der Waals surface area contributed by atoms with E-state index in [0.717, 1.165) is 19.3 Å². The number of carbonyl (C=O) groups excluding carboxylic acids is 1. The van der Waals surface area contributed by atoms with E-state index in [1.165, 1.54) is 30.6 Å². The number of carbonyl (C=O) groups is 1. The molecule has 5 atom stereocenters. The third-order valence-corrected chi connectivity index (χ3v) is 4.82. The van der Waals surface area contributed by atoms with Gasteiger partial charge in [-0.25, -0.2) is 0 Å². The molecule has 0 aliphatic heterocycles. The number of aliphatic hydroxyl groups is 7. The standard InChI is InChI=1S/C19H39NO8/c1-2-3-4-5-6-7-8-9-10-20(11-12-21)19(28)18(27)17(26)16(25)15(24)14(23)13-22/h14-18,21-27H,2-13H2,1H3. The molecule has 0 aromatic heterocycles. The molecule has 9 heteroatoms. The van der Waals surface area contributed by atoms with Crippen LogP contribution in [0.2, 0.25) is 0 Å². The lowest BCUT2D eigenvalue weighted by atomic mass is 9.98. The molecule has 0 bridgehead atoms. The monoisotopic (exact) mass is 409 g/mol. The highest BCUT2D eigenvalue weighted by molar-refractivity contribution is 5.81. The first-order chi connectivity index (χ1) is 13.3. The molecule has 0 rings (SSSR count). The molecule has 0 aliphatic rings. The van der Waals surface area contributed by atoms with Crippen LogP contribution >= 0.6 is 0 Å². The molecule has 0 aliphatic carbocycles. The van der Waals surface area contributed by atoms with Crippen molar-refractivity contribution in [2.24, 2.45) is 0 Å². The number of hydrogen-bond acceptors (Lipinski definition) is 8. The average Bonchev–Trinajstić information content (AvgIpc) is 2.71. The van der Waals surface area contributed by atoms with E-state index >= 15 is 0 Å². The fourth-order valence-corrected chi connectivity index (χ4v) is 2.95. The number of rotatable bonds is 17. The molecule has 0 spiro atoms. The maximum atomic E-state index is 12.4. The minimum absolute atomic E-state index is 0.0307. The lowest BCUT2D eigenvalue weighted by Gasteiger charge is -2.31. The lowest BCUT2D eigenvalue weighted by Crippen LogP contribution is -2.55. The second-order valence-corrected chi connectivity index (χ2v) is 7.19. The molecular weight excluding hydrogens is 370 g/mol. The maximum Gasteiger partial charge on any atom is 0.254 e. The highest BCUT2D eigenvalue weighted by Crippen LogP contribution is 2.13. The first-order valence-corrected chi connectivity index (χ1v) is 10.2. The summed E-state index contributed by atoms with van der Waals surface area (Å²) in [6, 6.07) is 0. The van der Waals surface area contributed by atoms with Crippen molar-refractivity contribution in [1.82, 2.24) is 4.90 Å². The zero-order valence-electron chi connectivity index (χ0n) is 16.9. The summed E-state index contributed by atoms with van der Waals surface area (Å²) in [5.74, 6) is -0.880. The molecule has 168 valence electrons. The van der Waals surface area contributed by atoms with Gasteiger partial charge in [-0.1, -0.05) is 51.9 Å². The second-order valence-electron chi connectivity index (χ2n) is 7.19. The average molecular weight is 410 g/mol. The molecule has 0 heterocycles. The highest BCUT2D eigenvalue weighted by Gasteiger charge is 2.38. The Bertz CT molecular complexity index is 398. The summed E-state index contributed by atoms with van der Waals surface area (Å²) in [5.41, 5.74) is 0. The van der Waals surface area contributed by atoms with Crippen molar-refractivity contribution in [3.8, 4) is 0 Å². The Morgan fingerprint density at radius 2 is 1.29 bits per heavy atom. The number of amides is 1. The largest absolute Gasteiger partial charge is 0.395 e. The van der Waals surface area contributed by atoms with E-state index in [4.69, 9.17) is 10.2 Å². The van der Waals surface area contributed by atoms with Gasteiger partial charge in [-0.15, -0.1) is 0 Å². The summed E-state index contributed by atoms with van der Waals surface area (Å²) in [7, 11) is 0. The van der Waals surface area contributed by atoms with Gasteiger partial charge in [-0.3, -0.25) is 4.79 Å². The van der Waals surface area contributed by atoms with Crippen LogP contribution in [-0.4, -0.2) is 103 Å². The van der Waals surface area contributed by atoms with E-state index in [1.807, 2.05) is 0 Å².